The minimum Gasteiger partial charge on any atom is -0.456 e. The molecule has 9 nitrogen and oxygen atoms in total. The number of nitriles is 1. The van der Waals surface area contributed by atoms with Gasteiger partial charge in [-0.2, -0.15) is 25.0 Å². The Labute approximate surface area is 168 Å². The summed E-state index contributed by atoms with van der Waals surface area (Å²) >= 11 is 0. The average molecular weight is 391 g/mol. The summed E-state index contributed by atoms with van der Waals surface area (Å²) in [6, 6.07) is 11.2. The molecule has 0 saturated carbocycles. The van der Waals surface area contributed by atoms with Crippen LogP contribution in [0.1, 0.15) is 42.4 Å². The first-order valence-corrected chi connectivity index (χ1v) is 8.86. The zero-order valence-electron chi connectivity index (χ0n) is 16.6. The zero-order chi connectivity index (χ0) is 21.2. The van der Waals surface area contributed by atoms with E-state index in [1.807, 2.05) is 37.3 Å². The molecule has 0 radical (unpaired) electrons. The number of aromatic nitrogens is 4. The van der Waals surface area contributed by atoms with Crippen LogP contribution < -0.4 is 11.1 Å². The summed E-state index contributed by atoms with van der Waals surface area (Å²) in [6.07, 6.45) is 1.29. The maximum Gasteiger partial charge on any atom is 0.344 e. The lowest BCUT2D eigenvalue weighted by Crippen LogP contribution is -2.24. The number of nitrogen functional groups attached to an aromatic ring is 1. The van der Waals surface area contributed by atoms with Gasteiger partial charge in [0.05, 0.1) is 6.20 Å². The molecule has 2 heterocycles. The number of carbonyl (C=O) groups excluding carboxylic acids is 1. The molecule has 0 fully saturated rings. The second kappa shape index (κ2) is 7.59. The van der Waals surface area contributed by atoms with Gasteiger partial charge in [0.25, 0.3) is 5.95 Å². The predicted octanol–water partition coefficient (Wildman–Crippen LogP) is 3.12. The van der Waals surface area contributed by atoms with E-state index in [9.17, 15) is 10.1 Å². The maximum atomic E-state index is 12.3. The second-order valence-electron chi connectivity index (χ2n) is 7.40. The first-order valence-electron chi connectivity index (χ1n) is 8.86. The van der Waals surface area contributed by atoms with Crippen LogP contribution in [0.5, 0.6) is 0 Å². The van der Waals surface area contributed by atoms with Gasteiger partial charge >= 0.3 is 5.97 Å². The van der Waals surface area contributed by atoms with Crippen LogP contribution in [0.3, 0.4) is 0 Å². The Hall–Kier alpha value is -3.93. The van der Waals surface area contributed by atoms with Crippen molar-refractivity contribution in [2.45, 2.75) is 33.3 Å². The Morgan fingerprint density at radius 2 is 2.03 bits per heavy atom. The van der Waals surface area contributed by atoms with Gasteiger partial charge in [0, 0.05) is 11.8 Å². The Bertz CT molecular complexity index is 1110. The van der Waals surface area contributed by atoms with E-state index in [2.05, 4.69) is 20.4 Å². The SMILES string of the molecule is Cc1cccc(Nc2cc(C#N)nc(-n3ncc(C(=O)OC(C)(C)C)c3N)n2)c1. The Morgan fingerprint density at radius 3 is 2.69 bits per heavy atom. The van der Waals surface area contributed by atoms with Crippen molar-refractivity contribution in [2.24, 2.45) is 0 Å². The molecule has 3 aromatic rings. The van der Waals surface area contributed by atoms with Gasteiger partial charge < -0.3 is 15.8 Å². The van der Waals surface area contributed by atoms with Crippen LogP contribution in [0.2, 0.25) is 0 Å². The summed E-state index contributed by atoms with van der Waals surface area (Å²) in [4.78, 5) is 20.9. The van der Waals surface area contributed by atoms with E-state index >= 15 is 0 Å². The van der Waals surface area contributed by atoms with E-state index in [0.29, 0.717) is 5.82 Å². The third kappa shape index (κ3) is 4.68. The van der Waals surface area contributed by atoms with Gasteiger partial charge in [0.1, 0.15) is 34.6 Å². The molecule has 0 aliphatic rings. The number of nitrogens with zero attached hydrogens (tertiary/aromatic N) is 5. The number of carbonyl (C=O) groups is 1. The molecule has 0 spiro atoms. The molecule has 0 bridgehead atoms. The Balaban J connectivity index is 1.97. The van der Waals surface area contributed by atoms with Crippen molar-refractivity contribution in [3.8, 4) is 12.0 Å². The summed E-state index contributed by atoms with van der Waals surface area (Å²) in [6.45, 7) is 7.25. The second-order valence-corrected chi connectivity index (χ2v) is 7.40. The van der Waals surface area contributed by atoms with Crippen molar-refractivity contribution in [1.29, 1.82) is 5.26 Å². The highest BCUT2D eigenvalue weighted by molar-refractivity contribution is 5.94. The minimum atomic E-state index is -0.673. The van der Waals surface area contributed by atoms with Crippen LogP contribution in [0.25, 0.3) is 5.95 Å². The fraction of sp³-hybridized carbons (Fsp3) is 0.250. The van der Waals surface area contributed by atoms with Gasteiger partial charge in [-0.25, -0.2) is 4.79 Å². The number of benzene rings is 1. The number of nitrogens with one attached hydrogen (secondary N) is 1. The van der Waals surface area contributed by atoms with Crippen molar-refractivity contribution < 1.29 is 9.53 Å². The number of nitrogens with two attached hydrogens (primary N) is 1. The van der Waals surface area contributed by atoms with E-state index < -0.39 is 11.6 Å². The van der Waals surface area contributed by atoms with Crippen molar-refractivity contribution in [3.63, 3.8) is 0 Å². The maximum absolute atomic E-state index is 12.3. The number of aryl methyl sites for hydroxylation is 1. The molecule has 1 aromatic carbocycles. The van der Waals surface area contributed by atoms with Crippen LogP contribution in [-0.2, 0) is 4.74 Å². The molecule has 0 unspecified atom stereocenters. The lowest BCUT2D eigenvalue weighted by Gasteiger charge is -2.19. The quantitative estimate of drug-likeness (QED) is 0.648. The molecule has 29 heavy (non-hydrogen) atoms. The first kappa shape index (κ1) is 19.8. The Kier molecular flexibility index (Phi) is 5.19. The minimum absolute atomic E-state index is 0.0239. The molecule has 0 atom stereocenters. The van der Waals surface area contributed by atoms with E-state index in [1.165, 1.54) is 16.9 Å². The normalized spacial score (nSPS) is 11.0. The molecular weight excluding hydrogens is 370 g/mol. The van der Waals surface area contributed by atoms with Gasteiger partial charge in [-0.05, 0) is 45.4 Å². The van der Waals surface area contributed by atoms with E-state index in [-0.39, 0.29) is 23.0 Å². The number of hydrogen-bond donors (Lipinski definition) is 2. The number of rotatable bonds is 4. The third-order valence-electron chi connectivity index (χ3n) is 3.73. The molecule has 2 aromatic heterocycles. The molecule has 3 rings (SSSR count). The monoisotopic (exact) mass is 391 g/mol. The third-order valence-corrected chi connectivity index (χ3v) is 3.73. The van der Waals surface area contributed by atoms with Gasteiger partial charge in [0.2, 0.25) is 0 Å². The lowest BCUT2D eigenvalue weighted by atomic mass is 10.2. The zero-order valence-corrected chi connectivity index (χ0v) is 16.6. The van der Waals surface area contributed by atoms with Gasteiger partial charge in [0.15, 0.2) is 0 Å². The van der Waals surface area contributed by atoms with Crippen molar-refractivity contribution in [1.82, 2.24) is 19.7 Å². The highest BCUT2D eigenvalue weighted by Gasteiger charge is 2.24. The van der Waals surface area contributed by atoms with Crippen LogP contribution in [0.4, 0.5) is 17.3 Å². The highest BCUT2D eigenvalue weighted by atomic mass is 16.6. The summed E-state index contributed by atoms with van der Waals surface area (Å²) in [7, 11) is 0. The van der Waals surface area contributed by atoms with E-state index in [1.54, 1.807) is 20.8 Å². The van der Waals surface area contributed by atoms with Gasteiger partial charge in [-0.3, -0.25) is 0 Å². The molecule has 3 N–H and O–H groups in total. The molecular formula is C20H21N7O2. The van der Waals surface area contributed by atoms with Crippen LogP contribution in [0.15, 0.2) is 36.5 Å². The predicted molar refractivity (Wildman–Crippen MR) is 108 cm³/mol. The van der Waals surface area contributed by atoms with E-state index in [4.69, 9.17) is 10.5 Å². The molecule has 0 aliphatic heterocycles. The standard InChI is InChI=1S/C20H21N7O2/c1-12-6-5-7-13(8-12)24-16-9-14(10-21)25-19(26-16)27-17(22)15(11-23-27)18(28)29-20(2,3)4/h5-9,11H,22H2,1-4H3,(H,24,25,26). The summed E-state index contributed by atoms with van der Waals surface area (Å²) in [5.74, 6) is -0.121. The molecule has 148 valence electrons. The highest BCUT2D eigenvalue weighted by Crippen LogP contribution is 2.21. The Morgan fingerprint density at radius 1 is 1.28 bits per heavy atom. The summed E-state index contributed by atoms with van der Waals surface area (Å²) in [5.41, 5.74) is 7.51. The first-order chi connectivity index (χ1) is 13.7. The fourth-order valence-corrected chi connectivity index (χ4v) is 2.53. The molecule has 0 saturated heterocycles. The molecule has 9 heteroatoms. The number of ether oxygens (including phenoxy) is 1. The lowest BCUT2D eigenvalue weighted by molar-refractivity contribution is 0.00708. The van der Waals surface area contributed by atoms with Crippen LogP contribution in [-0.4, -0.2) is 31.3 Å². The van der Waals surface area contributed by atoms with E-state index in [0.717, 1.165) is 11.3 Å². The average Bonchev–Trinajstić information content (AvgIpc) is 3.01. The van der Waals surface area contributed by atoms with Crippen molar-refractivity contribution in [3.05, 3.63) is 53.3 Å². The van der Waals surface area contributed by atoms with Gasteiger partial charge in [-0.15, -0.1) is 0 Å². The fourth-order valence-electron chi connectivity index (χ4n) is 2.53. The number of hydrogen-bond acceptors (Lipinski definition) is 8. The largest absolute Gasteiger partial charge is 0.456 e. The topological polar surface area (TPSA) is 132 Å². The van der Waals surface area contributed by atoms with Crippen molar-refractivity contribution in [2.75, 3.05) is 11.1 Å². The number of esters is 1. The van der Waals surface area contributed by atoms with Gasteiger partial charge in [-0.1, -0.05) is 12.1 Å². The molecule has 0 amide bonds. The smallest absolute Gasteiger partial charge is 0.344 e. The van der Waals surface area contributed by atoms with Crippen LogP contribution >= 0.6 is 0 Å². The summed E-state index contributed by atoms with van der Waals surface area (Å²) in [5, 5.41) is 16.6. The summed E-state index contributed by atoms with van der Waals surface area (Å²) < 4.78 is 6.53. The number of anilines is 3. The van der Waals surface area contributed by atoms with Crippen LogP contribution in [0, 0.1) is 18.3 Å². The molecule has 0 aliphatic carbocycles. The van der Waals surface area contributed by atoms with Crippen molar-refractivity contribution >= 4 is 23.3 Å².